The molecule has 0 radical (unpaired) electrons. The van der Waals surface area contributed by atoms with Gasteiger partial charge in [0.25, 0.3) is 5.91 Å². The molecule has 5 nitrogen and oxygen atoms in total. The fraction of sp³-hybridized carbons (Fsp3) is 0.286. The van der Waals surface area contributed by atoms with Gasteiger partial charge in [0, 0.05) is 26.2 Å². The number of carbonyl (C=O) groups excluding carboxylic acids is 1. The normalized spacial score (nSPS) is 10.4. The van der Waals surface area contributed by atoms with Crippen molar-refractivity contribution in [1.29, 1.82) is 0 Å². The molecule has 1 heterocycles. The zero-order chi connectivity index (χ0) is 13.8. The molecule has 0 aliphatic rings. The lowest BCUT2D eigenvalue weighted by molar-refractivity contribution is 0.0951. The highest BCUT2D eigenvalue weighted by Gasteiger charge is 2.10. The minimum atomic E-state index is -0.267. The van der Waals surface area contributed by atoms with Crippen LogP contribution < -0.4 is 5.32 Å². The van der Waals surface area contributed by atoms with Crippen LogP contribution >= 0.6 is 0 Å². The summed E-state index contributed by atoms with van der Waals surface area (Å²) in [5.74, 6) is -0.266. The minimum absolute atomic E-state index is 0.000867. The lowest BCUT2D eigenvalue weighted by Gasteiger charge is -2.06. The summed E-state index contributed by atoms with van der Waals surface area (Å²) in [6.45, 7) is 2.37. The van der Waals surface area contributed by atoms with Crippen LogP contribution in [-0.2, 0) is 13.5 Å². The van der Waals surface area contributed by atoms with Gasteiger partial charge in [0.1, 0.15) is 5.75 Å². The second kappa shape index (κ2) is 5.56. The summed E-state index contributed by atoms with van der Waals surface area (Å²) in [5, 5.41) is 16.7. The van der Waals surface area contributed by atoms with Crippen LogP contribution in [0.1, 0.15) is 21.6 Å². The largest absolute Gasteiger partial charge is 0.507 e. The first-order valence-corrected chi connectivity index (χ1v) is 6.12. The maximum atomic E-state index is 11.9. The van der Waals surface area contributed by atoms with Crippen LogP contribution in [0.15, 0.2) is 30.5 Å². The lowest BCUT2D eigenvalue weighted by Crippen LogP contribution is -2.26. The smallest absolute Gasteiger partial charge is 0.255 e. The molecule has 0 spiro atoms. The van der Waals surface area contributed by atoms with Crippen LogP contribution in [0.4, 0.5) is 0 Å². The summed E-state index contributed by atoms with van der Waals surface area (Å²) in [4.78, 5) is 11.9. The average Bonchev–Trinajstić information content (AvgIpc) is 2.78. The molecule has 5 heteroatoms. The van der Waals surface area contributed by atoms with Crippen molar-refractivity contribution in [3.05, 3.63) is 47.3 Å². The van der Waals surface area contributed by atoms with Crippen molar-refractivity contribution < 1.29 is 9.90 Å². The Morgan fingerprint density at radius 1 is 1.42 bits per heavy atom. The zero-order valence-corrected chi connectivity index (χ0v) is 11.1. The maximum absolute atomic E-state index is 11.9. The van der Waals surface area contributed by atoms with E-state index in [1.54, 1.807) is 16.8 Å². The molecule has 0 unspecified atom stereocenters. The molecule has 2 aromatic rings. The van der Waals surface area contributed by atoms with E-state index in [0.29, 0.717) is 18.5 Å². The van der Waals surface area contributed by atoms with Gasteiger partial charge in [0.2, 0.25) is 0 Å². The van der Waals surface area contributed by atoms with Gasteiger partial charge >= 0.3 is 0 Å². The molecule has 0 bridgehead atoms. The second-order valence-electron chi connectivity index (χ2n) is 4.51. The number of rotatable bonds is 4. The van der Waals surface area contributed by atoms with Crippen molar-refractivity contribution >= 4 is 5.91 Å². The van der Waals surface area contributed by atoms with Gasteiger partial charge in [-0.25, -0.2) is 0 Å². The highest BCUT2D eigenvalue weighted by atomic mass is 16.3. The highest BCUT2D eigenvalue weighted by Crippen LogP contribution is 2.17. The van der Waals surface area contributed by atoms with Crippen molar-refractivity contribution in [2.24, 2.45) is 7.05 Å². The van der Waals surface area contributed by atoms with E-state index >= 15 is 0 Å². The second-order valence-corrected chi connectivity index (χ2v) is 4.51. The van der Waals surface area contributed by atoms with Crippen LogP contribution in [0, 0.1) is 6.92 Å². The van der Waals surface area contributed by atoms with Gasteiger partial charge in [0.05, 0.1) is 11.3 Å². The van der Waals surface area contributed by atoms with Gasteiger partial charge in [-0.15, -0.1) is 0 Å². The first kappa shape index (κ1) is 13.1. The van der Waals surface area contributed by atoms with Crippen molar-refractivity contribution in [1.82, 2.24) is 15.1 Å². The van der Waals surface area contributed by atoms with Crippen LogP contribution in [0.25, 0.3) is 0 Å². The highest BCUT2D eigenvalue weighted by molar-refractivity contribution is 5.96. The Morgan fingerprint density at radius 3 is 2.89 bits per heavy atom. The molecule has 2 N–H and O–H groups in total. The van der Waals surface area contributed by atoms with E-state index in [1.807, 2.05) is 26.2 Å². The van der Waals surface area contributed by atoms with Crippen LogP contribution in [0.3, 0.4) is 0 Å². The maximum Gasteiger partial charge on any atom is 0.255 e. The number of carbonyl (C=O) groups is 1. The summed E-state index contributed by atoms with van der Waals surface area (Å²) in [7, 11) is 1.85. The number of amides is 1. The van der Waals surface area contributed by atoms with E-state index in [9.17, 15) is 9.90 Å². The molecule has 0 aliphatic carbocycles. The van der Waals surface area contributed by atoms with E-state index in [-0.39, 0.29) is 11.7 Å². The van der Waals surface area contributed by atoms with Gasteiger partial charge in [-0.2, -0.15) is 5.10 Å². The third-order valence-electron chi connectivity index (χ3n) is 2.83. The van der Waals surface area contributed by atoms with E-state index in [4.69, 9.17) is 0 Å². The first-order valence-electron chi connectivity index (χ1n) is 6.12. The molecule has 100 valence electrons. The fourth-order valence-electron chi connectivity index (χ4n) is 1.83. The Morgan fingerprint density at radius 2 is 2.21 bits per heavy atom. The minimum Gasteiger partial charge on any atom is -0.507 e. The Labute approximate surface area is 111 Å². The Balaban J connectivity index is 1.92. The number of phenolic OH excluding ortho intramolecular Hbond substituents is 1. The zero-order valence-electron chi connectivity index (χ0n) is 11.1. The van der Waals surface area contributed by atoms with Crippen molar-refractivity contribution in [3.63, 3.8) is 0 Å². The number of aryl methyl sites for hydroxylation is 2. The Kier molecular flexibility index (Phi) is 3.85. The van der Waals surface area contributed by atoms with Crippen LogP contribution in [0.5, 0.6) is 5.75 Å². The predicted octanol–water partition coefficient (Wildman–Crippen LogP) is 1.41. The molecule has 1 aromatic heterocycles. The fourth-order valence-corrected chi connectivity index (χ4v) is 1.83. The van der Waals surface area contributed by atoms with E-state index in [0.717, 1.165) is 11.3 Å². The molecular formula is C14H17N3O2. The van der Waals surface area contributed by atoms with E-state index < -0.39 is 0 Å². The number of phenols is 1. The monoisotopic (exact) mass is 259 g/mol. The average molecular weight is 259 g/mol. The lowest BCUT2D eigenvalue weighted by atomic mass is 10.1. The Bertz CT molecular complexity index is 590. The molecule has 2 rings (SSSR count). The number of benzene rings is 1. The van der Waals surface area contributed by atoms with E-state index in [1.165, 1.54) is 6.07 Å². The van der Waals surface area contributed by atoms with Gasteiger partial charge < -0.3 is 10.4 Å². The number of aromatic nitrogens is 2. The van der Waals surface area contributed by atoms with Gasteiger partial charge in [-0.05, 0) is 25.1 Å². The van der Waals surface area contributed by atoms with E-state index in [2.05, 4.69) is 10.4 Å². The number of hydrogen-bond acceptors (Lipinski definition) is 3. The van der Waals surface area contributed by atoms with Gasteiger partial charge in [-0.1, -0.05) is 11.6 Å². The first-order chi connectivity index (χ1) is 9.06. The summed E-state index contributed by atoms with van der Waals surface area (Å²) >= 11 is 0. The van der Waals surface area contributed by atoms with Gasteiger partial charge in [0.15, 0.2) is 0 Å². The molecule has 19 heavy (non-hydrogen) atoms. The molecule has 0 aliphatic heterocycles. The molecule has 0 atom stereocenters. The third-order valence-corrected chi connectivity index (χ3v) is 2.83. The molecular weight excluding hydrogens is 242 g/mol. The Hall–Kier alpha value is -2.30. The predicted molar refractivity (Wildman–Crippen MR) is 72.1 cm³/mol. The number of aromatic hydroxyl groups is 1. The van der Waals surface area contributed by atoms with Gasteiger partial charge in [-0.3, -0.25) is 9.48 Å². The SMILES string of the molecule is Cc1ccc(O)c(C(=O)NCCc2ccn(C)n2)c1. The summed E-state index contributed by atoms with van der Waals surface area (Å²) in [6.07, 6.45) is 2.53. The molecule has 0 fully saturated rings. The number of nitrogens with zero attached hydrogens (tertiary/aromatic N) is 2. The molecule has 0 saturated carbocycles. The number of hydrogen-bond donors (Lipinski definition) is 2. The molecule has 1 amide bonds. The van der Waals surface area contributed by atoms with Crippen molar-refractivity contribution in [3.8, 4) is 5.75 Å². The summed E-state index contributed by atoms with van der Waals surface area (Å²) < 4.78 is 1.73. The quantitative estimate of drug-likeness (QED) is 0.872. The summed E-state index contributed by atoms with van der Waals surface area (Å²) in [6, 6.07) is 6.88. The summed E-state index contributed by atoms with van der Waals surface area (Å²) in [5.41, 5.74) is 2.17. The third kappa shape index (κ3) is 3.34. The standard InChI is InChI=1S/C14H17N3O2/c1-10-3-4-13(18)12(9-10)14(19)15-7-5-11-6-8-17(2)16-11/h3-4,6,8-9,18H,5,7H2,1-2H3,(H,15,19). The van der Waals surface area contributed by atoms with Crippen molar-refractivity contribution in [2.45, 2.75) is 13.3 Å². The molecule has 0 saturated heterocycles. The van der Waals surface area contributed by atoms with Crippen LogP contribution in [0.2, 0.25) is 0 Å². The number of nitrogens with one attached hydrogen (secondary N) is 1. The molecule has 1 aromatic carbocycles. The topological polar surface area (TPSA) is 67.2 Å². The van der Waals surface area contributed by atoms with Crippen LogP contribution in [-0.4, -0.2) is 27.3 Å². The van der Waals surface area contributed by atoms with Crippen molar-refractivity contribution in [2.75, 3.05) is 6.54 Å².